The Morgan fingerprint density at radius 1 is 1.50 bits per heavy atom. The van der Waals surface area contributed by atoms with Gasteiger partial charge in [0.05, 0.1) is 12.6 Å². The van der Waals surface area contributed by atoms with Crippen molar-refractivity contribution in [3.63, 3.8) is 0 Å². The maximum Gasteiger partial charge on any atom is 0.220 e. The van der Waals surface area contributed by atoms with Crippen LogP contribution >= 0.6 is 0 Å². The van der Waals surface area contributed by atoms with Gasteiger partial charge in [-0.2, -0.15) is 0 Å². The second-order valence-electron chi connectivity index (χ2n) is 3.16. The molecular weight excluding hydrogens is 182 g/mol. The van der Waals surface area contributed by atoms with Crippen LogP contribution in [0.2, 0.25) is 0 Å². The zero-order valence-corrected chi connectivity index (χ0v) is 9.08. The van der Waals surface area contributed by atoms with Crippen LogP contribution in [0.5, 0.6) is 0 Å². The van der Waals surface area contributed by atoms with E-state index in [0.29, 0.717) is 19.6 Å². The predicted octanol–water partition coefficient (Wildman–Crippen LogP) is 0.690. The summed E-state index contributed by atoms with van der Waals surface area (Å²) in [6.45, 7) is 5.18. The van der Waals surface area contributed by atoms with Crippen LogP contribution in [0.3, 0.4) is 0 Å². The zero-order valence-electron chi connectivity index (χ0n) is 9.08. The van der Waals surface area contributed by atoms with Crippen molar-refractivity contribution in [2.24, 2.45) is 0 Å². The maximum atomic E-state index is 11.3. The smallest absolute Gasteiger partial charge is 0.220 e. The second-order valence-corrected chi connectivity index (χ2v) is 3.16. The summed E-state index contributed by atoms with van der Waals surface area (Å²) in [5, 5.41) is 11.6. The molecule has 0 rings (SSSR count). The van der Waals surface area contributed by atoms with Crippen molar-refractivity contribution in [2.45, 2.75) is 39.2 Å². The number of carbonyl (C=O) groups excluding carboxylic acids is 1. The van der Waals surface area contributed by atoms with Gasteiger partial charge in [-0.3, -0.25) is 4.79 Å². The Labute approximate surface area is 85.6 Å². The van der Waals surface area contributed by atoms with Crippen molar-refractivity contribution in [3.8, 4) is 0 Å². The Morgan fingerprint density at radius 3 is 2.71 bits per heavy atom. The molecule has 0 aliphatic rings. The molecule has 1 atom stereocenters. The lowest BCUT2D eigenvalue weighted by molar-refractivity contribution is -0.122. The Hall–Kier alpha value is -0.610. The first-order chi connectivity index (χ1) is 6.74. The van der Waals surface area contributed by atoms with Crippen LogP contribution in [0.1, 0.15) is 33.1 Å². The number of nitrogens with one attached hydrogen (secondary N) is 1. The third-order valence-corrected chi connectivity index (χ3v) is 1.97. The molecule has 0 saturated heterocycles. The lowest BCUT2D eigenvalue weighted by atomic mass is 10.2. The quantitative estimate of drug-likeness (QED) is 0.571. The number of hydrogen-bond donors (Lipinski definition) is 2. The van der Waals surface area contributed by atoms with E-state index in [4.69, 9.17) is 9.84 Å². The molecule has 0 aromatic heterocycles. The first kappa shape index (κ1) is 13.4. The molecule has 0 radical (unpaired) electrons. The molecular formula is C10H21NO3. The van der Waals surface area contributed by atoms with Crippen LogP contribution in [-0.2, 0) is 9.53 Å². The van der Waals surface area contributed by atoms with Crippen molar-refractivity contribution in [3.05, 3.63) is 0 Å². The molecule has 4 nitrogen and oxygen atoms in total. The molecule has 4 heteroatoms. The summed E-state index contributed by atoms with van der Waals surface area (Å²) in [5.41, 5.74) is 0. The molecule has 1 amide bonds. The number of hydrogen-bond acceptors (Lipinski definition) is 3. The van der Waals surface area contributed by atoms with Crippen LogP contribution in [-0.4, -0.2) is 36.9 Å². The highest BCUT2D eigenvalue weighted by Gasteiger charge is 2.08. The van der Waals surface area contributed by atoms with Gasteiger partial charge in [0.15, 0.2) is 0 Å². The Balaban J connectivity index is 3.44. The molecule has 0 bridgehead atoms. The van der Waals surface area contributed by atoms with Crippen LogP contribution in [0, 0.1) is 0 Å². The van der Waals surface area contributed by atoms with Crippen molar-refractivity contribution in [2.75, 3.05) is 19.8 Å². The van der Waals surface area contributed by atoms with E-state index < -0.39 is 0 Å². The molecule has 0 heterocycles. The van der Waals surface area contributed by atoms with E-state index in [2.05, 4.69) is 5.32 Å². The number of aliphatic hydroxyl groups is 1. The van der Waals surface area contributed by atoms with Gasteiger partial charge < -0.3 is 15.2 Å². The second kappa shape index (κ2) is 8.97. The van der Waals surface area contributed by atoms with E-state index in [1.165, 1.54) is 0 Å². The van der Waals surface area contributed by atoms with Crippen molar-refractivity contribution >= 4 is 5.91 Å². The van der Waals surface area contributed by atoms with Gasteiger partial charge in [-0.15, -0.1) is 0 Å². The molecule has 2 N–H and O–H groups in total. The molecule has 0 spiro atoms. The highest BCUT2D eigenvalue weighted by atomic mass is 16.5. The fourth-order valence-electron chi connectivity index (χ4n) is 1.06. The van der Waals surface area contributed by atoms with Crippen molar-refractivity contribution in [1.82, 2.24) is 5.32 Å². The SMILES string of the molecule is CCOCCCC(=O)N[C@@H](CC)CO. The number of carbonyl (C=O) groups is 1. The van der Waals surface area contributed by atoms with Gasteiger partial charge in [-0.1, -0.05) is 6.92 Å². The summed E-state index contributed by atoms with van der Waals surface area (Å²) in [4.78, 5) is 11.3. The molecule has 0 saturated carbocycles. The zero-order chi connectivity index (χ0) is 10.8. The molecule has 0 aromatic rings. The van der Waals surface area contributed by atoms with E-state index in [-0.39, 0.29) is 18.6 Å². The predicted molar refractivity (Wildman–Crippen MR) is 55.0 cm³/mol. The fourth-order valence-corrected chi connectivity index (χ4v) is 1.06. The van der Waals surface area contributed by atoms with Gasteiger partial charge in [0.1, 0.15) is 0 Å². The summed E-state index contributed by atoms with van der Waals surface area (Å²) in [7, 11) is 0. The average molecular weight is 203 g/mol. The Bertz CT molecular complexity index is 146. The first-order valence-electron chi connectivity index (χ1n) is 5.22. The lowest BCUT2D eigenvalue weighted by Crippen LogP contribution is -2.36. The fraction of sp³-hybridized carbons (Fsp3) is 0.900. The molecule has 84 valence electrons. The minimum atomic E-state index is -0.102. The van der Waals surface area contributed by atoms with E-state index in [1.807, 2.05) is 13.8 Å². The van der Waals surface area contributed by atoms with Gasteiger partial charge in [-0.25, -0.2) is 0 Å². The van der Waals surface area contributed by atoms with Gasteiger partial charge >= 0.3 is 0 Å². The molecule has 0 fully saturated rings. The van der Waals surface area contributed by atoms with Gasteiger partial charge in [0, 0.05) is 19.6 Å². The lowest BCUT2D eigenvalue weighted by Gasteiger charge is -2.13. The summed E-state index contributed by atoms with van der Waals surface area (Å²) >= 11 is 0. The van der Waals surface area contributed by atoms with Gasteiger partial charge in [-0.05, 0) is 19.8 Å². The number of amides is 1. The average Bonchev–Trinajstić information content (AvgIpc) is 2.21. The molecule has 0 aromatic carbocycles. The van der Waals surface area contributed by atoms with Gasteiger partial charge in [0.25, 0.3) is 0 Å². The maximum absolute atomic E-state index is 11.3. The van der Waals surface area contributed by atoms with Crippen LogP contribution in [0.15, 0.2) is 0 Å². The van der Waals surface area contributed by atoms with E-state index in [1.54, 1.807) is 0 Å². The van der Waals surface area contributed by atoms with Crippen LogP contribution in [0.25, 0.3) is 0 Å². The summed E-state index contributed by atoms with van der Waals surface area (Å²) < 4.78 is 5.11. The third-order valence-electron chi connectivity index (χ3n) is 1.97. The van der Waals surface area contributed by atoms with Gasteiger partial charge in [0.2, 0.25) is 5.91 Å². The topological polar surface area (TPSA) is 58.6 Å². The van der Waals surface area contributed by atoms with Crippen LogP contribution in [0.4, 0.5) is 0 Å². The summed E-state index contributed by atoms with van der Waals surface area (Å²) in [6, 6.07) is -0.102. The minimum Gasteiger partial charge on any atom is -0.394 e. The third kappa shape index (κ3) is 6.86. The van der Waals surface area contributed by atoms with E-state index in [0.717, 1.165) is 12.8 Å². The highest BCUT2D eigenvalue weighted by molar-refractivity contribution is 5.76. The number of rotatable bonds is 8. The molecule has 0 unspecified atom stereocenters. The highest BCUT2D eigenvalue weighted by Crippen LogP contribution is 1.94. The monoisotopic (exact) mass is 203 g/mol. The van der Waals surface area contributed by atoms with Crippen molar-refractivity contribution in [1.29, 1.82) is 0 Å². The summed E-state index contributed by atoms with van der Waals surface area (Å²) in [6.07, 6.45) is 1.96. The number of ether oxygens (including phenoxy) is 1. The first-order valence-corrected chi connectivity index (χ1v) is 5.22. The molecule has 0 aliphatic carbocycles. The standard InChI is InChI=1S/C10H21NO3/c1-3-9(8-12)11-10(13)6-5-7-14-4-2/h9,12H,3-8H2,1-2H3,(H,11,13)/t9-/m0/s1. The Kier molecular flexibility index (Phi) is 8.57. The summed E-state index contributed by atoms with van der Waals surface area (Å²) in [5.74, 6) is -0.00870. The van der Waals surface area contributed by atoms with Crippen LogP contribution < -0.4 is 5.32 Å². The minimum absolute atomic E-state index is 0.00764. The van der Waals surface area contributed by atoms with Crippen molar-refractivity contribution < 1.29 is 14.6 Å². The van der Waals surface area contributed by atoms with E-state index in [9.17, 15) is 4.79 Å². The molecule has 0 aliphatic heterocycles. The largest absolute Gasteiger partial charge is 0.394 e. The molecule has 14 heavy (non-hydrogen) atoms. The number of aliphatic hydroxyl groups excluding tert-OH is 1. The Morgan fingerprint density at radius 2 is 2.21 bits per heavy atom. The normalized spacial score (nSPS) is 12.5. The van der Waals surface area contributed by atoms with E-state index >= 15 is 0 Å².